The molecule has 0 unspecified atom stereocenters. The molecule has 1 aromatic heterocycles. The normalized spacial score (nSPS) is 11.9. The van der Waals surface area contributed by atoms with E-state index >= 15 is 0 Å². The minimum atomic E-state index is 0.148. The number of fused-ring (bicyclic) bond motifs is 2. The maximum atomic E-state index is 9.70. The molecule has 0 aliphatic carbocycles. The van der Waals surface area contributed by atoms with Crippen LogP contribution in [0.2, 0.25) is 0 Å². The van der Waals surface area contributed by atoms with Gasteiger partial charge in [0.15, 0.2) is 11.5 Å². The van der Waals surface area contributed by atoms with Gasteiger partial charge in [-0.25, -0.2) is 4.98 Å². The summed E-state index contributed by atoms with van der Waals surface area (Å²) in [7, 11) is 3.15. The van der Waals surface area contributed by atoms with Crippen LogP contribution in [-0.4, -0.2) is 29.3 Å². The second kappa shape index (κ2) is 6.34. The van der Waals surface area contributed by atoms with Gasteiger partial charge in [-0.05, 0) is 23.8 Å². The third-order valence-electron chi connectivity index (χ3n) is 4.27. The fraction of sp³-hybridized carbons (Fsp3) is 0.158. The molecule has 2 heterocycles. The number of nitrogens with one attached hydrogen (secondary N) is 1. The third kappa shape index (κ3) is 2.66. The van der Waals surface area contributed by atoms with E-state index in [9.17, 15) is 5.11 Å². The van der Waals surface area contributed by atoms with Crippen LogP contribution in [0, 0.1) is 4.64 Å². The molecule has 0 fully saturated rings. The van der Waals surface area contributed by atoms with E-state index in [0.29, 0.717) is 45.6 Å². The molecule has 6 nitrogen and oxygen atoms in total. The van der Waals surface area contributed by atoms with Crippen LogP contribution in [-0.2, 0) is 6.42 Å². The lowest BCUT2D eigenvalue weighted by Crippen LogP contribution is -2.08. The van der Waals surface area contributed by atoms with E-state index in [4.69, 9.17) is 26.4 Å². The fourth-order valence-corrected chi connectivity index (χ4v) is 3.26. The number of para-hydroxylation sites is 1. The number of phenolic OH excluding ortho intramolecular Hbond substituents is 1. The molecule has 0 spiro atoms. The van der Waals surface area contributed by atoms with Crippen molar-refractivity contribution in [1.29, 1.82) is 0 Å². The number of aromatic hydroxyl groups is 1. The van der Waals surface area contributed by atoms with Gasteiger partial charge in [0.25, 0.3) is 0 Å². The van der Waals surface area contributed by atoms with E-state index in [-0.39, 0.29) is 5.75 Å². The molecular formula is C19H16N2O4S. The van der Waals surface area contributed by atoms with Crippen LogP contribution in [0.5, 0.6) is 28.9 Å². The number of H-pyrrole nitrogens is 1. The number of ether oxygens (including phenoxy) is 3. The number of aromatic nitrogens is 2. The second-order valence-corrected chi connectivity index (χ2v) is 6.20. The van der Waals surface area contributed by atoms with Crippen LogP contribution in [0.3, 0.4) is 0 Å². The molecule has 4 rings (SSSR count). The lowest BCUT2D eigenvalue weighted by atomic mass is 10.0. The molecule has 0 bridgehead atoms. The molecule has 0 amide bonds. The first-order valence-corrected chi connectivity index (χ1v) is 8.36. The highest BCUT2D eigenvalue weighted by atomic mass is 32.1. The van der Waals surface area contributed by atoms with Gasteiger partial charge in [-0.1, -0.05) is 24.4 Å². The molecule has 132 valence electrons. The lowest BCUT2D eigenvalue weighted by molar-refractivity contribution is 0.356. The van der Waals surface area contributed by atoms with Crippen molar-refractivity contribution in [1.82, 2.24) is 9.97 Å². The van der Waals surface area contributed by atoms with Crippen LogP contribution < -0.4 is 14.2 Å². The quantitative estimate of drug-likeness (QED) is 0.527. The second-order valence-electron chi connectivity index (χ2n) is 5.81. The highest BCUT2D eigenvalue weighted by Gasteiger charge is 2.22. The molecule has 7 heteroatoms. The van der Waals surface area contributed by atoms with Gasteiger partial charge in [0.05, 0.1) is 25.3 Å². The predicted octanol–water partition coefficient (Wildman–Crippen LogP) is 4.23. The Morgan fingerprint density at radius 2 is 2.04 bits per heavy atom. The standard InChI is InChI=1S/C19H16N2O4S/c1-23-14-5-3-4-12(16(14)24-2)17-20-18-13(19(26)21-17)8-10-6-7-11(22)9-15(10)25-18/h3-7,9,22H,8H2,1-2H3,(H,20,21,26). The van der Waals surface area contributed by atoms with Gasteiger partial charge in [-0.2, -0.15) is 0 Å². The van der Waals surface area contributed by atoms with Crippen LogP contribution in [0.25, 0.3) is 11.4 Å². The summed E-state index contributed by atoms with van der Waals surface area (Å²) in [5.74, 6) is 2.94. The van der Waals surface area contributed by atoms with E-state index < -0.39 is 0 Å². The van der Waals surface area contributed by atoms with Crippen LogP contribution in [0.1, 0.15) is 11.1 Å². The van der Waals surface area contributed by atoms with E-state index in [1.54, 1.807) is 26.4 Å². The van der Waals surface area contributed by atoms with E-state index in [2.05, 4.69) is 9.97 Å². The fourth-order valence-electron chi connectivity index (χ4n) is 3.01. The molecule has 26 heavy (non-hydrogen) atoms. The third-order valence-corrected chi connectivity index (χ3v) is 4.60. The molecule has 3 aromatic rings. The summed E-state index contributed by atoms with van der Waals surface area (Å²) in [6.45, 7) is 0. The minimum Gasteiger partial charge on any atom is -0.508 e. The number of methoxy groups -OCH3 is 2. The van der Waals surface area contributed by atoms with Gasteiger partial charge in [0, 0.05) is 12.5 Å². The average molecular weight is 368 g/mol. The Labute approximate surface area is 155 Å². The zero-order valence-corrected chi connectivity index (χ0v) is 15.0. The molecule has 1 aliphatic heterocycles. The number of hydrogen-bond acceptors (Lipinski definition) is 6. The summed E-state index contributed by atoms with van der Waals surface area (Å²) in [4.78, 5) is 7.72. The Kier molecular flexibility index (Phi) is 4.00. The van der Waals surface area contributed by atoms with Crippen molar-refractivity contribution >= 4 is 12.2 Å². The van der Waals surface area contributed by atoms with Gasteiger partial charge in [0.1, 0.15) is 22.0 Å². The number of phenols is 1. The topological polar surface area (TPSA) is 76.6 Å². The number of aromatic amines is 1. The van der Waals surface area contributed by atoms with Gasteiger partial charge >= 0.3 is 0 Å². The predicted molar refractivity (Wildman–Crippen MR) is 98.9 cm³/mol. The van der Waals surface area contributed by atoms with E-state index in [1.165, 1.54) is 0 Å². The Morgan fingerprint density at radius 1 is 1.19 bits per heavy atom. The monoisotopic (exact) mass is 368 g/mol. The number of hydrogen-bond donors (Lipinski definition) is 2. The number of nitrogens with zero attached hydrogens (tertiary/aromatic N) is 1. The van der Waals surface area contributed by atoms with Crippen molar-refractivity contribution in [2.75, 3.05) is 14.2 Å². The smallest absolute Gasteiger partial charge is 0.205 e. The van der Waals surface area contributed by atoms with Gasteiger partial charge < -0.3 is 24.3 Å². The minimum absolute atomic E-state index is 0.148. The molecule has 0 saturated heterocycles. The molecule has 0 atom stereocenters. The van der Waals surface area contributed by atoms with E-state index in [0.717, 1.165) is 11.1 Å². The Hall–Kier alpha value is -3.06. The number of benzene rings is 2. The number of rotatable bonds is 3. The van der Waals surface area contributed by atoms with Crippen molar-refractivity contribution in [2.24, 2.45) is 0 Å². The molecule has 2 N–H and O–H groups in total. The molecule has 0 radical (unpaired) electrons. The van der Waals surface area contributed by atoms with Crippen LogP contribution in [0.4, 0.5) is 0 Å². The molecule has 0 saturated carbocycles. The SMILES string of the molecule is COc1cccc(-c2nc(=S)c3c([nH]2)Oc2cc(O)ccc2C3)c1OC. The molecule has 1 aliphatic rings. The van der Waals surface area contributed by atoms with E-state index in [1.807, 2.05) is 24.3 Å². The first-order chi connectivity index (χ1) is 12.6. The highest BCUT2D eigenvalue weighted by Crippen LogP contribution is 2.40. The zero-order valence-electron chi connectivity index (χ0n) is 14.2. The molecular weight excluding hydrogens is 352 g/mol. The average Bonchev–Trinajstić information content (AvgIpc) is 2.65. The maximum absolute atomic E-state index is 9.70. The Balaban J connectivity index is 1.85. The van der Waals surface area contributed by atoms with Crippen molar-refractivity contribution < 1.29 is 19.3 Å². The summed E-state index contributed by atoms with van der Waals surface area (Å²) in [5.41, 5.74) is 2.47. The Morgan fingerprint density at radius 3 is 2.81 bits per heavy atom. The first kappa shape index (κ1) is 16.4. The van der Waals surface area contributed by atoms with Crippen molar-refractivity contribution in [3.8, 4) is 40.3 Å². The van der Waals surface area contributed by atoms with Crippen LogP contribution >= 0.6 is 12.2 Å². The highest BCUT2D eigenvalue weighted by molar-refractivity contribution is 7.71. The van der Waals surface area contributed by atoms with Crippen molar-refractivity contribution in [2.45, 2.75) is 6.42 Å². The lowest BCUT2D eigenvalue weighted by Gasteiger charge is -2.21. The van der Waals surface area contributed by atoms with Gasteiger partial charge in [-0.3, -0.25) is 0 Å². The zero-order chi connectivity index (χ0) is 18.3. The van der Waals surface area contributed by atoms with Gasteiger partial charge in [0.2, 0.25) is 5.88 Å². The summed E-state index contributed by atoms with van der Waals surface area (Å²) in [6.07, 6.45) is 0.586. The van der Waals surface area contributed by atoms with Crippen molar-refractivity contribution in [3.63, 3.8) is 0 Å². The largest absolute Gasteiger partial charge is 0.508 e. The van der Waals surface area contributed by atoms with Crippen LogP contribution in [0.15, 0.2) is 36.4 Å². The summed E-state index contributed by atoms with van der Waals surface area (Å²) in [6, 6.07) is 10.6. The maximum Gasteiger partial charge on any atom is 0.205 e. The molecule has 2 aromatic carbocycles. The Bertz CT molecular complexity index is 1060. The summed E-state index contributed by atoms with van der Waals surface area (Å²) >= 11 is 5.49. The summed E-state index contributed by atoms with van der Waals surface area (Å²) < 4.78 is 17.2. The van der Waals surface area contributed by atoms with Crippen molar-refractivity contribution in [3.05, 3.63) is 52.2 Å². The van der Waals surface area contributed by atoms with Gasteiger partial charge in [-0.15, -0.1) is 0 Å². The first-order valence-electron chi connectivity index (χ1n) is 7.95. The summed E-state index contributed by atoms with van der Waals surface area (Å²) in [5, 5.41) is 9.70.